The van der Waals surface area contributed by atoms with Crippen molar-refractivity contribution in [2.45, 2.75) is 58.0 Å². The smallest absolute Gasteiger partial charge is 0.408 e. The molecule has 0 aliphatic heterocycles. The lowest BCUT2D eigenvalue weighted by Crippen LogP contribution is -2.60. The molecular weight excluding hydrogens is 278 g/mol. The maximum absolute atomic E-state index is 12.0. The number of ether oxygens (including phenoxy) is 4. The summed E-state index contributed by atoms with van der Waals surface area (Å²) >= 11 is 0. The minimum Gasteiger partial charge on any atom is -0.465 e. The molecule has 0 aromatic carbocycles. The van der Waals surface area contributed by atoms with Crippen molar-refractivity contribution in [2.75, 3.05) is 21.3 Å². The van der Waals surface area contributed by atoms with Crippen LogP contribution in [0.1, 0.15) is 40.5 Å². The molecule has 7 heteroatoms. The van der Waals surface area contributed by atoms with Gasteiger partial charge in [0.25, 0.3) is 5.79 Å². The van der Waals surface area contributed by atoms with Gasteiger partial charge in [0.2, 0.25) is 0 Å². The molecule has 0 saturated carbocycles. The molecule has 0 spiro atoms. The van der Waals surface area contributed by atoms with E-state index in [1.165, 1.54) is 21.3 Å². The minimum absolute atomic E-state index is 0.454. The van der Waals surface area contributed by atoms with Gasteiger partial charge in [-0.1, -0.05) is 13.3 Å². The number of amides is 1. The average molecular weight is 305 g/mol. The van der Waals surface area contributed by atoms with Gasteiger partial charge in [0.1, 0.15) is 5.60 Å². The average Bonchev–Trinajstić information content (AvgIpc) is 2.38. The van der Waals surface area contributed by atoms with Crippen molar-refractivity contribution in [3.8, 4) is 0 Å². The highest BCUT2D eigenvalue weighted by molar-refractivity contribution is 5.80. The fraction of sp³-hybridized carbons (Fsp3) is 0.857. The molecule has 0 rings (SSSR count). The van der Waals surface area contributed by atoms with Crippen LogP contribution in [0.15, 0.2) is 0 Å². The van der Waals surface area contributed by atoms with E-state index in [0.717, 1.165) is 0 Å². The van der Waals surface area contributed by atoms with E-state index in [2.05, 4.69) is 5.32 Å². The lowest BCUT2D eigenvalue weighted by Gasteiger charge is -2.35. The highest BCUT2D eigenvalue weighted by atomic mass is 16.7. The topological polar surface area (TPSA) is 83.1 Å². The zero-order chi connectivity index (χ0) is 16.7. The number of hydrogen-bond donors (Lipinski definition) is 1. The molecule has 0 aromatic heterocycles. The van der Waals surface area contributed by atoms with Crippen LogP contribution in [0.5, 0.6) is 0 Å². The Kier molecular flexibility index (Phi) is 7.67. The molecule has 7 nitrogen and oxygen atoms in total. The predicted octanol–water partition coefficient (Wildman–Crippen LogP) is 1.84. The van der Waals surface area contributed by atoms with E-state index in [4.69, 9.17) is 18.9 Å². The third-order valence-electron chi connectivity index (χ3n) is 2.80. The van der Waals surface area contributed by atoms with Crippen molar-refractivity contribution < 1.29 is 28.5 Å². The Hall–Kier alpha value is -1.34. The third kappa shape index (κ3) is 5.51. The molecule has 1 amide bonds. The maximum Gasteiger partial charge on any atom is 0.408 e. The van der Waals surface area contributed by atoms with Crippen molar-refractivity contribution in [3.63, 3.8) is 0 Å². The quantitative estimate of drug-likeness (QED) is 0.571. The van der Waals surface area contributed by atoms with Gasteiger partial charge in [-0.3, -0.25) is 0 Å². The second-order valence-corrected chi connectivity index (χ2v) is 5.55. The number of hydrogen-bond acceptors (Lipinski definition) is 6. The summed E-state index contributed by atoms with van der Waals surface area (Å²) in [6.07, 6.45) is 0.505. The fourth-order valence-corrected chi connectivity index (χ4v) is 1.91. The number of carbonyl (C=O) groups is 2. The van der Waals surface area contributed by atoms with Crippen LogP contribution < -0.4 is 5.32 Å². The largest absolute Gasteiger partial charge is 0.465 e. The number of alkyl carbamates (subject to hydrolysis) is 1. The summed E-state index contributed by atoms with van der Waals surface area (Å²) < 4.78 is 20.4. The predicted molar refractivity (Wildman–Crippen MR) is 76.8 cm³/mol. The second-order valence-electron chi connectivity index (χ2n) is 5.55. The molecule has 0 radical (unpaired) electrons. The first-order valence-electron chi connectivity index (χ1n) is 6.85. The van der Waals surface area contributed by atoms with Crippen molar-refractivity contribution in [2.24, 2.45) is 0 Å². The molecule has 0 aliphatic rings. The highest BCUT2D eigenvalue weighted by Crippen LogP contribution is 2.23. The molecule has 0 aromatic rings. The van der Waals surface area contributed by atoms with Crippen molar-refractivity contribution >= 4 is 12.1 Å². The van der Waals surface area contributed by atoms with Gasteiger partial charge in [-0.2, -0.15) is 0 Å². The van der Waals surface area contributed by atoms with Gasteiger partial charge in [-0.25, -0.2) is 9.59 Å². The first-order valence-corrected chi connectivity index (χ1v) is 6.85. The zero-order valence-corrected chi connectivity index (χ0v) is 13.9. The van der Waals surface area contributed by atoms with Crippen LogP contribution >= 0.6 is 0 Å². The highest BCUT2D eigenvalue weighted by Gasteiger charge is 2.49. The van der Waals surface area contributed by atoms with Crippen LogP contribution in [-0.4, -0.2) is 50.8 Å². The number of esters is 1. The van der Waals surface area contributed by atoms with E-state index < -0.39 is 29.5 Å². The summed E-state index contributed by atoms with van der Waals surface area (Å²) in [5.74, 6) is -2.43. The minimum atomic E-state index is -1.71. The number of rotatable bonds is 7. The Morgan fingerprint density at radius 1 is 1.10 bits per heavy atom. The summed E-state index contributed by atoms with van der Waals surface area (Å²) in [5.41, 5.74) is -0.644. The molecule has 21 heavy (non-hydrogen) atoms. The van der Waals surface area contributed by atoms with Crippen LogP contribution in [0.4, 0.5) is 4.79 Å². The van der Waals surface area contributed by atoms with E-state index >= 15 is 0 Å². The molecule has 1 N–H and O–H groups in total. The van der Waals surface area contributed by atoms with E-state index in [1.54, 1.807) is 20.8 Å². The molecular formula is C14H27NO6. The summed E-state index contributed by atoms with van der Waals surface area (Å²) in [5, 5.41) is 2.62. The molecule has 1 unspecified atom stereocenters. The molecule has 0 aliphatic carbocycles. The normalized spacial score (nSPS) is 13.5. The lowest BCUT2D eigenvalue weighted by atomic mass is 10.0. The van der Waals surface area contributed by atoms with Gasteiger partial charge >= 0.3 is 12.1 Å². The van der Waals surface area contributed by atoms with Crippen molar-refractivity contribution in [1.82, 2.24) is 5.32 Å². The second kappa shape index (κ2) is 8.19. The van der Waals surface area contributed by atoms with E-state index in [9.17, 15) is 9.59 Å². The number of methoxy groups -OCH3 is 3. The molecule has 0 fully saturated rings. The molecule has 0 saturated heterocycles. The molecule has 0 heterocycles. The van der Waals surface area contributed by atoms with E-state index in [1.807, 2.05) is 6.92 Å². The van der Waals surface area contributed by atoms with Crippen molar-refractivity contribution in [3.05, 3.63) is 0 Å². The van der Waals surface area contributed by atoms with Gasteiger partial charge < -0.3 is 24.3 Å². The zero-order valence-electron chi connectivity index (χ0n) is 13.9. The maximum atomic E-state index is 12.0. The van der Waals surface area contributed by atoms with Crippen LogP contribution in [0.2, 0.25) is 0 Å². The van der Waals surface area contributed by atoms with Gasteiger partial charge in [0.15, 0.2) is 0 Å². The van der Waals surface area contributed by atoms with E-state index in [-0.39, 0.29) is 0 Å². The Labute approximate surface area is 126 Å². The molecule has 1 atom stereocenters. The number of nitrogens with one attached hydrogen (secondary N) is 1. The SMILES string of the molecule is CCCC(NC(=O)OC(C)(C)C)C(OC)(OC)C(=O)OC. The number of carbonyl (C=O) groups excluding carboxylic acids is 2. The van der Waals surface area contributed by atoms with Gasteiger partial charge in [0, 0.05) is 14.2 Å². The third-order valence-corrected chi connectivity index (χ3v) is 2.80. The van der Waals surface area contributed by atoms with Gasteiger partial charge in [-0.15, -0.1) is 0 Å². The van der Waals surface area contributed by atoms with Gasteiger partial charge in [-0.05, 0) is 27.2 Å². The summed E-state index contributed by atoms with van der Waals surface area (Å²) in [6.45, 7) is 7.17. The standard InChI is InChI=1S/C14H27NO6/c1-8-9-10(15-12(17)21-13(2,3)4)14(19-6,20-7)11(16)18-5/h10H,8-9H2,1-7H3,(H,15,17). The first kappa shape index (κ1) is 19.7. The Bertz CT molecular complexity index is 346. The summed E-state index contributed by atoms with van der Waals surface area (Å²) in [4.78, 5) is 24.0. The van der Waals surface area contributed by atoms with E-state index in [0.29, 0.717) is 12.8 Å². The van der Waals surface area contributed by atoms with Crippen molar-refractivity contribution in [1.29, 1.82) is 0 Å². The monoisotopic (exact) mass is 305 g/mol. The summed E-state index contributed by atoms with van der Waals surface area (Å²) in [6, 6.07) is -0.736. The lowest BCUT2D eigenvalue weighted by molar-refractivity contribution is -0.239. The Balaban J connectivity index is 5.24. The Morgan fingerprint density at radius 3 is 1.95 bits per heavy atom. The fourth-order valence-electron chi connectivity index (χ4n) is 1.91. The van der Waals surface area contributed by atoms with Crippen LogP contribution in [0, 0.1) is 0 Å². The van der Waals surface area contributed by atoms with Crippen LogP contribution in [0.25, 0.3) is 0 Å². The van der Waals surface area contributed by atoms with Gasteiger partial charge in [0.05, 0.1) is 13.2 Å². The van der Waals surface area contributed by atoms with Crippen LogP contribution in [-0.2, 0) is 23.7 Å². The Morgan fingerprint density at radius 2 is 1.62 bits per heavy atom. The molecule has 0 bridgehead atoms. The first-order chi connectivity index (χ1) is 9.66. The molecule has 124 valence electrons. The summed E-state index contributed by atoms with van der Waals surface area (Å²) in [7, 11) is 3.87. The van der Waals surface area contributed by atoms with Crippen LogP contribution in [0.3, 0.4) is 0 Å².